The summed E-state index contributed by atoms with van der Waals surface area (Å²) in [6.45, 7) is 1.72. The topological polar surface area (TPSA) is 26.3 Å². The number of rotatable bonds is 3. The Morgan fingerprint density at radius 2 is 2.07 bits per heavy atom. The summed E-state index contributed by atoms with van der Waals surface area (Å²) in [5.74, 6) is 0. The number of alkyl halides is 3. The zero-order valence-electron chi connectivity index (χ0n) is 7.91. The van der Waals surface area contributed by atoms with Gasteiger partial charge in [-0.05, 0) is 24.6 Å². The van der Waals surface area contributed by atoms with Crippen LogP contribution in [0.25, 0.3) is 0 Å². The van der Waals surface area contributed by atoms with Gasteiger partial charge in [-0.25, -0.2) is 0 Å². The van der Waals surface area contributed by atoms with Gasteiger partial charge in [0.2, 0.25) is 0 Å². The van der Waals surface area contributed by atoms with E-state index in [-0.39, 0.29) is 6.47 Å². The number of carbonyl (C=O) groups is 1. The van der Waals surface area contributed by atoms with E-state index in [4.69, 9.17) is 0 Å². The van der Waals surface area contributed by atoms with Gasteiger partial charge in [-0.15, -0.1) is 0 Å². The molecule has 1 atom stereocenters. The average molecular weight is 218 g/mol. The lowest BCUT2D eigenvalue weighted by atomic mass is 10.1. The molecule has 0 radical (unpaired) electrons. The van der Waals surface area contributed by atoms with Crippen LogP contribution >= 0.6 is 0 Å². The lowest BCUT2D eigenvalue weighted by molar-refractivity contribution is -0.137. The molecule has 1 rings (SSSR count). The van der Waals surface area contributed by atoms with Gasteiger partial charge in [-0.3, -0.25) is 4.79 Å². The zero-order valence-corrected chi connectivity index (χ0v) is 7.91. The molecule has 0 aliphatic carbocycles. The minimum absolute atomic E-state index is 0.213. The molecule has 0 aliphatic heterocycles. The van der Waals surface area contributed by atoms with E-state index in [1.807, 2.05) is 0 Å². The summed E-state index contributed by atoms with van der Waals surface area (Å²) in [6.07, 6.45) is -5.05. The molecule has 0 amide bonds. The second kappa shape index (κ2) is 4.33. The van der Waals surface area contributed by atoms with Gasteiger partial charge < -0.3 is 4.74 Å². The van der Waals surface area contributed by atoms with Gasteiger partial charge >= 0.3 is 6.18 Å². The van der Waals surface area contributed by atoms with E-state index in [1.54, 1.807) is 0 Å². The van der Waals surface area contributed by atoms with Crippen LogP contribution in [0.1, 0.15) is 24.2 Å². The molecule has 0 fully saturated rings. The molecule has 0 saturated carbocycles. The summed E-state index contributed by atoms with van der Waals surface area (Å²) >= 11 is 0. The van der Waals surface area contributed by atoms with E-state index < -0.39 is 17.8 Å². The van der Waals surface area contributed by atoms with Gasteiger partial charge in [0.1, 0.15) is 6.10 Å². The van der Waals surface area contributed by atoms with E-state index in [0.717, 1.165) is 12.1 Å². The van der Waals surface area contributed by atoms with Gasteiger partial charge in [-0.1, -0.05) is 12.1 Å². The summed E-state index contributed by atoms with van der Waals surface area (Å²) in [4.78, 5) is 10.0. The molecule has 0 saturated heterocycles. The van der Waals surface area contributed by atoms with Crippen LogP contribution in [-0.2, 0) is 15.7 Å². The maximum atomic E-state index is 12.3. The molecule has 0 aromatic heterocycles. The number of hydrogen-bond donors (Lipinski definition) is 0. The van der Waals surface area contributed by atoms with Crippen LogP contribution in [-0.4, -0.2) is 6.47 Å². The Morgan fingerprint density at radius 3 is 2.60 bits per heavy atom. The van der Waals surface area contributed by atoms with Crippen molar-refractivity contribution < 1.29 is 22.7 Å². The third kappa shape index (κ3) is 2.97. The van der Waals surface area contributed by atoms with E-state index in [9.17, 15) is 18.0 Å². The van der Waals surface area contributed by atoms with Crippen LogP contribution in [0, 0.1) is 0 Å². The monoisotopic (exact) mass is 218 g/mol. The number of hydrogen-bond acceptors (Lipinski definition) is 2. The van der Waals surface area contributed by atoms with Crippen LogP contribution in [0.5, 0.6) is 0 Å². The first-order chi connectivity index (χ1) is 6.95. The van der Waals surface area contributed by atoms with E-state index >= 15 is 0 Å². The van der Waals surface area contributed by atoms with Crippen molar-refractivity contribution in [3.05, 3.63) is 35.4 Å². The normalized spacial score (nSPS) is 13.3. The molecule has 0 N–H and O–H groups in total. The van der Waals surface area contributed by atoms with Crippen molar-refractivity contribution in [1.82, 2.24) is 0 Å². The van der Waals surface area contributed by atoms with E-state index in [2.05, 4.69) is 4.74 Å². The van der Waals surface area contributed by atoms with E-state index in [1.165, 1.54) is 19.1 Å². The molecule has 0 unspecified atom stereocenters. The van der Waals surface area contributed by atoms with Crippen molar-refractivity contribution in [2.24, 2.45) is 0 Å². The van der Waals surface area contributed by atoms with Gasteiger partial charge in [0.05, 0.1) is 5.56 Å². The van der Waals surface area contributed by atoms with Gasteiger partial charge in [0.15, 0.2) is 0 Å². The molecule has 0 bridgehead atoms. The molecular weight excluding hydrogens is 209 g/mol. The Balaban J connectivity index is 2.97. The smallest absolute Gasteiger partial charge is 0.416 e. The minimum atomic E-state index is -4.38. The van der Waals surface area contributed by atoms with Crippen LogP contribution in [0.2, 0.25) is 0 Å². The Kier molecular flexibility index (Phi) is 3.34. The third-order valence-electron chi connectivity index (χ3n) is 1.94. The van der Waals surface area contributed by atoms with Crippen molar-refractivity contribution in [3.8, 4) is 0 Å². The molecule has 1 aromatic carbocycles. The fourth-order valence-electron chi connectivity index (χ4n) is 1.13. The molecule has 1 aromatic rings. The summed E-state index contributed by atoms with van der Waals surface area (Å²) in [5.41, 5.74) is -0.432. The molecule has 0 spiro atoms. The highest BCUT2D eigenvalue weighted by atomic mass is 19.4. The molecule has 2 nitrogen and oxygen atoms in total. The first-order valence-corrected chi connectivity index (χ1v) is 4.21. The number of halogens is 3. The number of carbonyl (C=O) groups excluding carboxylic acids is 1. The quantitative estimate of drug-likeness (QED) is 0.729. The SMILES string of the molecule is C[C@@H](OC=O)c1cccc(C(F)(F)F)c1. The highest BCUT2D eigenvalue weighted by Crippen LogP contribution is 2.31. The van der Waals surface area contributed by atoms with Crippen LogP contribution in [0.3, 0.4) is 0 Å². The zero-order chi connectivity index (χ0) is 11.5. The predicted octanol–water partition coefficient (Wildman–Crippen LogP) is 2.94. The average Bonchev–Trinajstić information content (AvgIpc) is 2.17. The fraction of sp³-hybridized carbons (Fsp3) is 0.300. The maximum Gasteiger partial charge on any atom is 0.416 e. The second-order valence-corrected chi connectivity index (χ2v) is 3.00. The Labute approximate surface area is 84.7 Å². The maximum absolute atomic E-state index is 12.3. The van der Waals surface area contributed by atoms with E-state index in [0.29, 0.717) is 5.56 Å². The molecule has 0 heterocycles. The van der Waals surface area contributed by atoms with Gasteiger partial charge in [0.25, 0.3) is 6.47 Å². The van der Waals surface area contributed by atoms with Crippen molar-refractivity contribution in [1.29, 1.82) is 0 Å². The molecule has 5 heteroatoms. The first-order valence-electron chi connectivity index (χ1n) is 4.21. The minimum Gasteiger partial charge on any atom is -0.460 e. The Morgan fingerprint density at radius 1 is 1.40 bits per heavy atom. The van der Waals surface area contributed by atoms with Crippen LogP contribution in [0.4, 0.5) is 13.2 Å². The van der Waals surface area contributed by atoms with Crippen LogP contribution < -0.4 is 0 Å². The standard InChI is InChI=1S/C10H9F3O2/c1-7(15-6-14)8-3-2-4-9(5-8)10(11,12)13/h2-7H,1H3/t7-/m1/s1. The fourth-order valence-corrected chi connectivity index (χ4v) is 1.13. The van der Waals surface area contributed by atoms with Crippen molar-refractivity contribution in [2.75, 3.05) is 0 Å². The summed E-state index contributed by atoms with van der Waals surface area (Å²) in [7, 11) is 0. The van der Waals surface area contributed by atoms with Gasteiger partial charge in [0, 0.05) is 0 Å². The highest BCUT2D eigenvalue weighted by molar-refractivity contribution is 5.39. The summed E-state index contributed by atoms with van der Waals surface area (Å²) in [5, 5.41) is 0. The Hall–Kier alpha value is -1.52. The summed E-state index contributed by atoms with van der Waals surface area (Å²) < 4.78 is 41.5. The molecular formula is C10H9F3O2. The molecule has 82 valence electrons. The lowest BCUT2D eigenvalue weighted by Crippen LogP contribution is -2.06. The van der Waals surface area contributed by atoms with Crippen LogP contribution in [0.15, 0.2) is 24.3 Å². The number of ether oxygens (including phenoxy) is 1. The van der Waals surface area contributed by atoms with Crippen molar-refractivity contribution >= 4 is 6.47 Å². The Bertz CT molecular complexity index is 347. The molecule has 0 aliphatic rings. The molecule has 15 heavy (non-hydrogen) atoms. The predicted molar refractivity (Wildman–Crippen MR) is 47.0 cm³/mol. The first kappa shape index (κ1) is 11.6. The summed E-state index contributed by atoms with van der Waals surface area (Å²) in [6, 6.07) is 4.69. The van der Waals surface area contributed by atoms with Gasteiger partial charge in [-0.2, -0.15) is 13.2 Å². The van der Waals surface area contributed by atoms with Crippen molar-refractivity contribution in [2.45, 2.75) is 19.2 Å². The second-order valence-electron chi connectivity index (χ2n) is 3.00. The third-order valence-corrected chi connectivity index (χ3v) is 1.94. The largest absolute Gasteiger partial charge is 0.460 e. The lowest BCUT2D eigenvalue weighted by Gasteiger charge is -2.12. The number of benzene rings is 1. The van der Waals surface area contributed by atoms with Crippen molar-refractivity contribution in [3.63, 3.8) is 0 Å². The highest BCUT2D eigenvalue weighted by Gasteiger charge is 2.30.